The van der Waals surface area contributed by atoms with Crippen LogP contribution in [0.1, 0.15) is 31.9 Å². The zero-order valence-corrected chi connectivity index (χ0v) is 19.1. The van der Waals surface area contributed by atoms with E-state index in [-0.39, 0.29) is 0 Å². The summed E-state index contributed by atoms with van der Waals surface area (Å²) in [5.41, 5.74) is 1.26. The molecule has 0 aliphatic carbocycles. The van der Waals surface area contributed by atoms with Crippen molar-refractivity contribution in [1.29, 1.82) is 0 Å². The van der Waals surface area contributed by atoms with E-state index in [0.29, 0.717) is 36.6 Å². The van der Waals surface area contributed by atoms with Crippen LogP contribution in [-0.2, 0) is 22.6 Å². The molecule has 0 radical (unpaired) electrons. The van der Waals surface area contributed by atoms with E-state index >= 15 is 0 Å². The molecule has 0 saturated carbocycles. The molecule has 3 aromatic carbocycles. The van der Waals surface area contributed by atoms with Gasteiger partial charge < -0.3 is 24.3 Å². The second kappa shape index (κ2) is 11.2. The molecule has 33 heavy (non-hydrogen) atoms. The summed E-state index contributed by atoms with van der Waals surface area (Å²) < 4.78 is 17.3. The zero-order valence-electron chi connectivity index (χ0n) is 19.1. The molecular weight excluding hydrogens is 418 g/mol. The number of alkyl carbamates (subject to hydrolysis) is 1. The van der Waals surface area contributed by atoms with Gasteiger partial charge in [0, 0.05) is 0 Å². The average molecular weight is 448 g/mol. The first kappa shape index (κ1) is 23.9. The lowest BCUT2D eigenvalue weighted by Crippen LogP contribution is -2.41. The van der Waals surface area contributed by atoms with Crippen molar-refractivity contribution in [2.24, 2.45) is 0 Å². The molecule has 0 bridgehead atoms. The maximum absolute atomic E-state index is 12.0. The number of rotatable bonds is 9. The largest absolute Gasteiger partial charge is 0.485 e. The highest BCUT2D eigenvalue weighted by Crippen LogP contribution is 2.32. The first-order valence-corrected chi connectivity index (χ1v) is 10.8. The molecule has 1 unspecified atom stereocenters. The average Bonchev–Trinajstić information content (AvgIpc) is 2.78. The highest BCUT2D eigenvalue weighted by Gasteiger charge is 2.19. The van der Waals surface area contributed by atoms with Crippen LogP contribution in [0.2, 0.25) is 0 Å². The normalized spacial score (nSPS) is 11.8. The summed E-state index contributed by atoms with van der Waals surface area (Å²) in [4.78, 5) is 23.5. The summed E-state index contributed by atoms with van der Waals surface area (Å²) in [6.45, 7) is 5.73. The fourth-order valence-electron chi connectivity index (χ4n) is 3.10. The Morgan fingerprint density at radius 1 is 0.909 bits per heavy atom. The predicted molar refractivity (Wildman–Crippen MR) is 127 cm³/mol. The van der Waals surface area contributed by atoms with E-state index < -0.39 is 17.7 Å². The van der Waals surface area contributed by atoms with Gasteiger partial charge in [-0.3, -0.25) is 0 Å². The quantitative estimate of drug-likeness (QED) is 0.427. The maximum Gasteiger partial charge on any atom is 0.408 e. The number of carbonyl (C=O) groups excluding carboxylic acids is 2. The third-order valence-corrected chi connectivity index (χ3v) is 4.53. The van der Waals surface area contributed by atoms with Crippen LogP contribution < -0.4 is 14.8 Å². The monoisotopic (exact) mass is 447 g/mol. The number of hydrogen-bond donors (Lipinski definition) is 1. The first-order chi connectivity index (χ1) is 15.8. The van der Waals surface area contributed by atoms with Crippen molar-refractivity contribution in [3.05, 3.63) is 90.0 Å². The Labute approximate surface area is 194 Å². The van der Waals surface area contributed by atoms with Gasteiger partial charge in [-0.25, -0.2) is 4.79 Å². The smallest absolute Gasteiger partial charge is 0.408 e. The van der Waals surface area contributed by atoms with Crippen LogP contribution in [0.15, 0.2) is 78.9 Å². The minimum atomic E-state index is -0.711. The molecule has 0 aromatic heterocycles. The third-order valence-electron chi connectivity index (χ3n) is 4.53. The summed E-state index contributed by atoms with van der Waals surface area (Å²) in [7, 11) is 0. The molecule has 3 rings (SSSR count). The van der Waals surface area contributed by atoms with Gasteiger partial charge in [-0.2, -0.15) is 0 Å². The third kappa shape index (κ3) is 8.00. The van der Waals surface area contributed by atoms with Crippen molar-refractivity contribution in [2.45, 2.75) is 45.4 Å². The number of benzene rings is 3. The fraction of sp³-hybridized carbons (Fsp3) is 0.259. The highest BCUT2D eigenvalue weighted by molar-refractivity contribution is 5.73. The number of amides is 1. The Bertz CT molecular complexity index is 1060. The van der Waals surface area contributed by atoms with Gasteiger partial charge in [0.1, 0.15) is 24.2 Å². The van der Waals surface area contributed by atoms with E-state index in [4.69, 9.17) is 14.2 Å². The molecule has 1 amide bonds. The molecule has 0 heterocycles. The van der Waals surface area contributed by atoms with Crippen molar-refractivity contribution in [1.82, 2.24) is 5.32 Å². The van der Waals surface area contributed by atoms with E-state index in [1.54, 1.807) is 20.8 Å². The summed E-state index contributed by atoms with van der Waals surface area (Å²) >= 11 is 0. The Kier molecular flexibility index (Phi) is 8.08. The van der Waals surface area contributed by atoms with Crippen molar-refractivity contribution < 1.29 is 23.8 Å². The van der Waals surface area contributed by atoms with Crippen LogP contribution in [0.5, 0.6) is 17.2 Å². The van der Waals surface area contributed by atoms with Gasteiger partial charge in [0.2, 0.25) is 0 Å². The van der Waals surface area contributed by atoms with E-state index in [2.05, 4.69) is 5.32 Å². The van der Waals surface area contributed by atoms with Crippen LogP contribution in [0.4, 0.5) is 4.79 Å². The van der Waals surface area contributed by atoms with Gasteiger partial charge in [0.25, 0.3) is 0 Å². The van der Waals surface area contributed by atoms with E-state index in [0.717, 1.165) is 11.1 Å². The van der Waals surface area contributed by atoms with Crippen LogP contribution >= 0.6 is 0 Å². The highest BCUT2D eigenvalue weighted by atomic mass is 16.6. The standard InChI is InChI=1S/C27H29NO5/c1-27(2,3)33-26(30)28-22(18-29)16-21-12-9-13-23(17-21)32-25-15-8-7-14-24(25)31-19-20-10-5-4-6-11-20/h4-15,17-18,22H,16,19H2,1-3H3,(H,28,30). The molecule has 0 fully saturated rings. The number of carbonyl (C=O) groups is 2. The molecule has 0 aliphatic rings. The van der Waals surface area contributed by atoms with Gasteiger partial charge in [-0.05, 0) is 62.6 Å². The van der Waals surface area contributed by atoms with Crippen molar-refractivity contribution in [3.8, 4) is 17.2 Å². The molecule has 6 nitrogen and oxygen atoms in total. The Balaban J connectivity index is 1.65. The zero-order chi connectivity index (χ0) is 23.7. The Morgan fingerprint density at radius 2 is 1.58 bits per heavy atom. The Morgan fingerprint density at radius 3 is 2.27 bits per heavy atom. The van der Waals surface area contributed by atoms with Crippen LogP contribution in [0, 0.1) is 0 Å². The molecule has 0 saturated heterocycles. The van der Waals surface area contributed by atoms with Crippen LogP contribution in [-0.4, -0.2) is 24.0 Å². The van der Waals surface area contributed by atoms with E-state index in [9.17, 15) is 9.59 Å². The molecule has 0 aliphatic heterocycles. The van der Waals surface area contributed by atoms with E-state index in [1.807, 2.05) is 78.9 Å². The minimum Gasteiger partial charge on any atom is -0.485 e. The first-order valence-electron chi connectivity index (χ1n) is 10.8. The van der Waals surface area contributed by atoms with Gasteiger partial charge in [-0.15, -0.1) is 0 Å². The summed E-state index contributed by atoms with van der Waals surface area (Å²) in [5.74, 6) is 1.82. The fourth-order valence-corrected chi connectivity index (χ4v) is 3.10. The van der Waals surface area contributed by atoms with Gasteiger partial charge >= 0.3 is 6.09 Å². The number of hydrogen-bond acceptors (Lipinski definition) is 5. The number of nitrogens with one attached hydrogen (secondary N) is 1. The minimum absolute atomic E-state index is 0.312. The topological polar surface area (TPSA) is 73.9 Å². The summed E-state index contributed by atoms with van der Waals surface area (Å²) in [5, 5.41) is 2.59. The lowest BCUT2D eigenvalue weighted by atomic mass is 10.1. The van der Waals surface area contributed by atoms with Gasteiger partial charge in [0.15, 0.2) is 11.5 Å². The summed E-state index contributed by atoms with van der Waals surface area (Å²) in [6, 6.07) is 24.0. The number of ether oxygens (including phenoxy) is 3. The van der Waals surface area contributed by atoms with Gasteiger partial charge in [-0.1, -0.05) is 54.6 Å². The molecule has 3 aromatic rings. The molecule has 0 spiro atoms. The molecular formula is C27H29NO5. The van der Waals surface area contributed by atoms with Crippen molar-refractivity contribution in [3.63, 3.8) is 0 Å². The van der Waals surface area contributed by atoms with Crippen LogP contribution in [0.25, 0.3) is 0 Å². The van der Waals surface area contributed by atoms with Crippen LogP contribution in [0.3, 0.4) is 0 Å². The predicted octanol–water partition coefficient (Wildman–Crippen LogP) is 5.69. The molecule has 1 atom stereocenters. The lowest BCUT2D eigenvalue weighted by molar-refractivity contribution is -0.109. The molecule has 1 N–H and O–H groups in total. The second-order valence-corrected chi connectivity index (χ2v) is 8.56. The summed E-state index contributed by atoms with van der Waals surface area (Å²) in [6.07, 6.45) is 0.382. The SMILES string of the molecule is CC(C)(C)OC(=O)NC(C=O)Cc1cccc(Oc2ccccc2OCc2ccccc2)c1. The maximum atomic E-state index is 12.0. The van der Waals surface area contributed by atoms with Crippen molar-refractivity contribution in [2.75, 3.05) is 0 Å². The van der Waals surface area contributed by atoms with Gasteiger partial charge in [0.05, 0.1) is 6.04 Å². The molecule has 6 heteroatoms. The molecule has 172 valence electrons. The Hall–Kier alpha value is -3.80. The number of aldehydes is 1. The van der Waals surface area contributed by atoms with Crippen molar-refractivity contribution >= 4 is 12.4 Å². The second-order valence-electron chi connectivity index (χ2n) is 8.56. The van der Waals surface area contributed by atoms with E-state index in [1.165, 1.54) is 0 Å². The lowest BCUT2D eigenvalue weighted by Gasteiger charge is -2.21. The number of para-hydroxylation sites is 2.